The van der Waals surface area contributed by atoms with E-state index in [9.17, 15) is 4.79 Å². The molecule has 0 aliphatic carbocycles. The minimum Gasteiger partial charge on any atom is -0.360 e. The number of amides is 1. The zero-order chi connectivity index (χ0) is 25.0. The molecule has 0 unspecified atom stereocenters. The Morgan fingerprint density at radius 3 is 2.83 bits per heavy atom. The first-order chi connectivity index (χ1) is 16.7. The van der Waals surface area contributed by atoms with Crippen molar-refractivity contribution in [1.82, 2.24) is 19.6 Å². The second-order valence-corrected chi connectivity index (χ2v) is 16.1. The number of carbonyl (C=O) groups is 1. The van der Waals surface area contributed by atoms with E-state index in [1.165, 1.54) is 0 Å². The van der Waals surface area contributed by atoms with Crippen molar-refractivity contribution in [1.29, 1.82) is 5.26 Å². The molecule has 1 N–H and O–H groups in total. The first-order valence-corrected chi connectivity index (χ1v) is 15.8. The lowest BCUT2D eigenvalue weighted by Crippen LogP contribution is -2.22. The third kappa shape index (κ3) is 6.45. The van der Waals surface area contributed by atoms with Crippen LogP contribution in [0.5, 0.6) is 0 Å². The maximum atomic E-state index is 13.2. The van der Waals surface area contributed by atoms with Crippen LogP contribution < -0.4 is 5.32 Å². The van der Waals surface area contributed by atoms with Gasteiger partial charge in [-0.2, -0.15) is 15.5 Å². The average molecular weight is 552 g/mol. The summed E-state index contributed by atoms with van der Waals surface area (Å²) in [5.41, 5.74) is 3.27. The molecule has 2 heterocycles. The van der Waals surface area contributed by atoms with Gasteiger partial charge in [-0.1, -0.05) is 47.7 Å². The highest BCUT2D eigenvalue weighted by Gasteiger charge is 2.19. The number of nitrogens with zero attached hydrogens (tertiary/aromatic N) is 5. The van der Waals surface area contributed by atoms with Crippen LogP contribution in [0.3, 0.4) is 0 Å². The second-order valence-electron chi connectivity index (χ2n) is 9.55. The highest BCUT2D eigenvalue weighted by Crippen LogP contribution is 2.24. The first kappa shape index (κ1) is 24.8. The van der Waals surface area contributed by atoms with Gasteiger partial charge in [-0.3, -0.25) is 9.48 Å². The predicted molar refractivity (Wildman–Crippen MR) is 142 cm³/mol. The van der Waals surface area contributed by atoms with E-state index in [4.69, 9.17) is 10.00 Å². The Bertz CT molecular complexity index is 1400. The van der Waals surface area contributed by atoms with Crippen molar-refractivity contribution in [3.63, 3.8) is 0 Å². The Labute approximate surface area is 213 Å². The third-order valence-electron chi connectivity index (χ3n) is 5.43. The zero-order valence-electron chi connectivity index (χ0n) is 20.0. The van der Waals surface area contributed by atoms with Gasteiger partial charge in [-0.25, -0.2) is 4.68 Å². The minimum absolute atomic E-state index is 0.287. The summed E-state index contributed by atoms with van der Waals surface area (Å²) < 4.78 is 10.2. The lowest BCUT2D eigenvalue weighted by atomic mass is 10.1. The second kappa shape index (κ2) is 10.6. The van der Waals surface area contributed by atoms with E-state index >= 15 is 0 Å². The third-order valence-corrected chi connectivity index (χ3v) is 7.63. The highest BCUT2D eigenvalue weighted by atomic mass is 79.9. The fourth-order valence-electron chi connectivity index (χ4n) is 3.58. The van der Waals surface area contributed by atoms with Gasteiger partial charge in [0.25, 0.3) is 5.91 Å². The molecule has 0 aliphatic rings. The van der Waals surface area contributed by atoms with Crippen LogP contribution in [-0.2, 0) is 18.0 Å². The number of benzene rings is 2. The number of hydrogen-bond donors (Lipinski definition) is 1. The Morgan fingerprint density at radius 2 is 2.06 bits per heavy atom. The van der Waals surface area contributed by atoms with E-state index in [-0.39, 0.29) is 12.6 Å². The maximum Gasteiger partial charge on any atom is 0.276 e. The number of anilines is 1. The molecule has 0 spiro atoms. The van der Waals surface area contributed by atoms with Gasteiger partial charge in [0.15, 0.2) is 5.69 Å². The predicted octanol–water partition coefficient (Wildman–Crippen LogP) is 5.48. The molecular formula is C25H27BrN6O2Si. The van der Waals surface area contributed by atoms with Gasteiger partial charge in [-0.05, 0) is 41.9 Å². The number of aromatic nitrogens is 4. The average Bonchev–Trinajstić information content (AvgIpc) is 3.40. The van der Waals surface area contributed by atoms with Crippen LogP contribution >= 0.6 is 15.9 Å². The fraction of sp³-hybridized carbons (Fsp3) is 0.280. The van der Waals surface area contributed by atoms with E-state index in [0.717, 1.165) is 27.0 Å². The molecule has 4 rings (SSSR count). The molecule has 0 aliphatic heterocycles. The molecule has 0 saturated carbocycles. The lowest BCUT2D eigenvalue weighted by molar-refractivity contribution is 0.0809. The molecule has 2 aromatic carbocycles. The quantitative estimate of drug-likeness (QED) is 0.220. The van der Waals surface area contributed by atoms with Gasteiger partial charge in [0.05, 0.1) is 35.6 Å². The van der Waals surface area contributed by atoms with Crippen molar-refractivity contribution in [3.05, 3.63) is 76.2 Å². The van der Waals surface area contributed by atoms with Crippen molar-refractivity contribution in [2.45, 2.75) is 39.0 Å². The number of ether oxygens (including phenoxy) is 1. The number of hydrogen-bond acceptors (Lipinski definition) is 5. The molecule has 8 nitrogen and oxygen atoms in total. The first-order valence-electron chi connectivity index (χ1n) is 11.3. The SMILES string of the molecule is C[Si](C)(C)CCOCn1nc(C(=O)Nc2cnn(Cc3cccc(C#N)c3)c2)c2cc(Br)ccc21. The summed E-state index contributed by atoms with van der Waals surface area (Å²) in [4.78, 5) is 13.2. The van der Waals surface area contributed by atoms with Gasteiger partial charge in [0.1, 0.15) is 6.73 Å². The Kier molecular flexibility index (Phi) is 7.50. The molecule has 0 fully saturated rings. The molecule has 180 valence electrons. The van der Waals surface area contributed by atoms with Crippen LogP contribution in [0.2, 0.25) is 25.7 Å². The number of carbonyl (C=O) groups excluding carboxylic acids is 1. The van der Waals surface area contributed by atoms with Crippen LogP contribution in [0, 0.1) is 11.3 Å². The summed E-state index contributed by atoms with van der Waals surface area (Å²) in [6.07, 6.45) is 3.35. The Morgan fingerprint density at radius 1 is 1.23 bits per heavy atom. The normalized spacial score (nSPS) is 11.5. The number of rotatable bonds is 9. The Hall–Kier alpha value is -3.26. The number of nitriles is 1. The molecule has 2 aromatic heterocycles. The van der Waals surface area contributed by atoms with Crippen molar-refractivity contribution >= 4 is 46.5 Å². The van der Waals surface area contributed by atoms with Crippen molar-refractivity contribution < 1.29 is 9.53 Å². The molecule has 0 atom stereocenters. The van der Waals surface area contributed by atoms with Gasteiger partial charge in [0, 0.05) is 30.7 Å². The summed E-state index contributed by atoms with van der Waals surface area (Å²) in [6, 6.07) is 16.3. The lowest BCUT2D eigenvalue weighted by Gasteiger charge is -2.15. The van der Waals surface area contributed by atoms with E-state index in [0.29, 0.717) is 30.1 Å². The minimum atomic E-state index is -1.19. The van der Waals surface area contributed by atoms with Crippen molar-refractivity contribution in [3.8, 4) is 6.07 Å². The van der Waals surface area contributed by atoms with Crippen LogP contribution in [0.1, 0.15) is 21.6 Å². The van der Waals surface area contributed by atoms with Crippen LogP contribution in [0.15, 0.2) is 59.3 Å². The van der Waals surface area contributed by atoms with Crippen LogP contribution in [0.4, 0.5) is 5.69 Å². The van der Waals surface area contributed by atoms with E-state index in [1.807, 2.05) is 36.4 Å². The van der Waals surface area contributed by atoms with Gasteiger partial charge < -0.3 is 10.1 Å². The topological polar surface area (TPSA) is 97.8 Å². The largest absolute Gasteiger partial charge is 0.360 e. The molecule has 1 amide bonds. The van der Waals surface area contributed by atoms with Gasteiger partial charge in [0.2, 0.25) is 0 Å². The summed E-state index contributed by atoms with van der Waals surface area (Å²) in [7, 11) is -1.19. The summed E-state index contributed by atoms with van der Waals surface area (Å²) in [6.45, 7) is 8.38. The highest BCUT2D eigenvalue weighted by molar-refractivity contribution is 9.10. The standard InChI is InChI=1S/C25H27BrN6O2Si/c1-35(2,3)10-9-34-17-32-23-8-7-20(26)12-22(23)24(30-32)25(33)29-21-14-28-31(16-21)15-19-6-4-5-18(11-19)13-27/h4-8,11-12,14,16H,9-10,15,17H2,1-3H3,(H,29,33). The summed E-state index contributed by atoms with van der Waals surface area (Å²) in [5.74, 6) is -0.319. The van der Waals surface area contributed by atoms with Crippen molar-refractivity contribution in [2.24, 2.45) is 0 Å². The van der Waals surface area contributed by atoms with Gasteiger partial charge in [-0.15, -0.1) is 0 Å². The van der Waals surface area contributed by atoms with E-state index < -0.39 is 8.07 Å². The van der Waals surface area contributed by atoms with Crippen LogP contribution in [-0.4, -0.2) is 40.1 Å². The zero-order valence-corrected chi connectivity index (χ0v) is 22.5. The monoisotopic (exact) mass is 550 g/mol. The van der Waals surface area contributed by atoms with E-state index in [1.54, 1.807) is 27.8 Å². The number of fused-ring (bicyclic) bond motifs is 1. The Balaban J connectivity index is 1.48. The summed E-state index contributed by atoms with van der Waals surface area (Å²) in [5, 5.41) is 21.6. The number of halogens is 1. The fourth-order valence-corrected chi connectivity index (χ4v) is 4.70. The molecule has 0 radical (unpaired) electrons. The molecule has 0 saturated heterocycles. The molecule has 0 bridgehead atoms. The maximum absolute atomic E-state index is 13.2. The van der Waals surface area contributed by atoms with Crippen LogP contribution in [0.25, 0.3) is 10.9 Å². The van der Waals surface area contributed by atoms with E-state index in [2.05, 4.69) is 57.2 Å². The summed E-state index contributed by atoms with van der Waals surface area (Å²) >= 11 is 3.49. The molecule has 4 aromatic rings. The molecular weight excluding hydrogens is 524 g/mol. The number of nitrogens with one attached hydrogen (secondary N) is 1. The molecule has 35 heavy (non-hydrogen) atoms. The van der Waals surface area contributed by atoms with Gasteiger partial charge >= 0.3 is 0 Å². The van der Waals surface area contributed by atoms with Crippen molar-refractivity contribution in [2.75, 3.05) is 11.9 Å². The smallest absolute Gasteiger partial charge is 0.276 e. The molecule has 10 heteroatoms.